The van der Waals surface area contributed by atoms with Gasteiger partial charge in [-0.25, -0.2) is 0 Å². The minimum absolute atomic E-state index is 0.0195. The number of esters is 1. The van der Waals surface area contributed by atoms with E-state index in [0.717, 1.165) is 16.8 Å². The molecule has 1 N–H and O–H groups in total. The highest BCUT2D eigenvalue weighted by Gasteiger charge is 2.18. The van der Waals surface area contributed by atoms with Gasteiger partial charge in [0.2, 0.25) is 5.91 Å². The van der Waals surface area contributed by atoms with Crippen LogP contribution in [0, 0.1) is 0 Å². The molecule has 0 bridgehead atoms. The molecule has 0 unspecified atom stereocenters. The van der Waals surface area contributed by atoms with Gasteiger partial charge in [-0.3, -0.25) is 14.6 Å². The van der Waals surface area contributed by atoms with E-state index in [1.807, 2.05) is 0 Å². The number of aryl methyl sites for hydroxylation is 2. The van der Waals surface area contributed by atoms with Crippen LogP contribution in [0.5, 0.6) is 0 Å². The predicted molar refractivity (Wildman–Crippen MR) is 66.1 cm³/mol. The molecule has 0 saturated carbocycles. The maximum Gasteiger partial charge on any atom is 0.306 e. The van der Waals surface area contributed by atoms with Crippen LogP contribution in [0.4, 0.5) is 5.69 Å². The van der Waals surface area contributed by atoms with Crippen LogP contribution in [-0.2, 0) is 27.2 Å². The number of nitrogens with zero attached hydrogens (tertiary/aromatic N) is 1. The minimum Gasteiger partial charge on any atom is -0.466 e. The first kappa shape index (κ1) is 12.5. The number of fused-ring (bicyclic) bond motifs is 1. The highest BCUT2D eigenvalue weighted by Crippen LogP contribution is 2.26. The fourth-order valence-corrected chi connectivity index (χ4v) is 2.01. The SMILES string of the molecule is CCOC(=O)CCc1cncc2c1NC(=O)CC2. The van der Waals surface area contributed by atoms with E-state index in [1.165, 1.54) is 0 Å². The van der Waals surface area contributed by atoms with Gasteiger partial charge in [0, 0.05) is 25.2 Å². The number of pyridine rings is 1. The summed E-state index contributed by atoms with van der Waals surface area (Å²) in [5.41, 5.74) is 2.76. The molecule has 2 heterocycles. The van der Waals surface area contributed by atoms with Crippen LogP contribution in [0.1, 0.15) is 30.9 Å². The first-order valence-corrected chi connectivity index (χ1v) is 6.12. The minimum atomic E-state index is -0.225. The van der Waals surface area contributed by atoms with Crippen molar-refractivity contribution in [1.82, 2.24) is 4.98 Å². The number of rotatable bonds is 4. The normalized spacial score (nSPS) is 13.7. The van der Waals surface area contributed by atoms with Gasteiger partial charge in [0.25, 0.3) is 0 Å². The van der Waals surface area contributed by atoms with Gasteiger partial charge in [0.1, 0.15) is 0 Å². The highest BCUT2D eigenvalue weighted by molar-refractivity contribution is 5.94. The van der Waals surface area contributed by atoms with Crippen LogP contribution < -0.4 is 5.32 Å². The number of nitrogens with one attached hydrogen (secondary N) is 1. The fourth-order valence-electron chi connectivity index (χ4n) is 2.01. The zero-order chi connectivity index (χ0) is 13.0. The topological polar surface area (TPSA) is 68.3 Å². The molecule has 2 rings (SSSR count). The van der Waals surface area contributed by atoms with Gasteiger partial charge in [0.05, 0.1) is 12.3 Å². The standard InChI is InChI=1S/C13H16N2O3/c1-2-18-12(17)6-4-10-8-14-7-9-3-5-11(16)15-13(9)10/h7-8H,2-6H2,1H3,(H,15,16). The lowest BCUT2D eigenvalue weighted by Gasteiger charge is -2.19. The van der Waals surface area contributed by atoms with Crippen molar-refractivity contribution in [3.63, 3.8) is 0 Å². The van der Waals surface area contributed by atoms with Crippen molar-refractivity contribution in [2.45, 2.75) is 32.6 Å². The van der Waals surface area contributed by atoms with Gasteiger partial charge >= 0.3 is 5.97 Å². The molecule has 0 spiro atoms. The summed E-state index contributed by atoms with van der Waals surface area (Å²) in [6.07, 6.45) is 5.51. The molecule has 1 aliphatic rings. The van der Waals surface area contributed by atoms with Gasteiger partial charge < -0.3 is 10.1 Å². The monoisotopic (exact) mass is 248 g/mol. The quantitative estimate of drug-likeness (QED) is 0.819. The molecule has 96 valence electrons. The van der Waals surface area contributed by atoms with E-state index < -0.39 is 0 Å². The van der Waals surface area contributed by atoms with Crippen LogP contribution in [0.15, 0.2) is 12.4 Å². The number of ether oxygens (including phenoxy) is 1. The summed E-state index contributed by atoms with van der Waals surface area (Å²) in [5, 5.41) is 2.85. The van der Waals surface area contributed by atoms with Crippen LogP contribution >= 0.6 is 0 Å². The number of hydrogen-bond donors (Lipinski definition) is 1. The molecule has 1 aromatic heterocycles. The second-order valence-electron chi connectivity index (χ2n) is 4.19. The van der Waals surface area contributed by atoms with Crippen LogP contribution in [-0.4, -0.2) is 23.5 Å². The van der Waals surface area contributed by atoms with E-state index in [4.69, 9.17) is 4.74 Å². The van der Waals surface area contributed by atoms with E-state index in [1.54, 1.807) is 19.3 Å². The average molecular weight is 248 g/mol. The Morgan fingerprint density at radius 3 is 3.06 bits per heavy atom. The van der Waals surface area contributed by atoms with Gasteiger partial charge in [0.15, 0.2) is 0 Å². The summed E-state index contributed by atoms with van der Waals surface area (Å²) in [4.78, 5) is 26.9. The molecule has 0 atom stereocenters. The Hall–Kier alpha value is -1.91. The number of carbonyl (C=O) groups excluding carboxylic acids is 2. The van der Waals surface area contributed by atoms with Crippen LogP contribution in [0.3, 0.4) is 0 Å². The number of hydrogen-bond acceptors (Lipinski definition) is 4. The summed E-state index contributed by atoms with van der Waals surface area (Å²) in [7, 11) is 0. The molecular formula is C13H16N2O3. The zero-order valence-electron chi connectivity index (χ0n) is 10.4. The number of amides is 1. The lowest BCUT2D eigenvalue weighted by molar-refractivity contribution is -0.143. The van der Waals surface area contributed by atoms with Crippen molar-refractivity contribution in [2.75, 3.05) is 11.9 Å². The van der Waals surface area contributed by atoms with E-state index in [-0.39, 0.29) is 11.9 Å². The first-order chi connectivity index (χ1) is 8.70. The molecule has 18 heavy (non-hydrogen) atoms. The molecule has 1 aromatic rings. The average Bonchev–Trinajstić information content (AvgIpc) is 2.36. The molecular weight excluding hydrogens is 232 g/mol. The summed E-state index contributed by atoms with van der Waals surface area (Å²) in [6.45, 7) is 2.17. The van der Waals surface area contributed by atoms with Crippen LogP contribution in [0.2, 0.25) is 0 Å². The zero-order valence-corrected chi connectivity index (χ0v) is 10.4. The Labute approximate surface area is 106 Å². The second-order valence-corrected chi connectivity index (χ2v) is 4.19. The van der Waals surface area contributed by atoms with Crippen molar-refractivity contribution < 1.29 is 14.3 Å². The molecule has 1 amide bonds. The molecule has 0 saturated heterocycles. The summed E-state index contributed by atoms with van der Waals surface area (Å²) >= 11 is 0. The third-order valence-corrected chi connectivity index (χ3v) is 2.89. The van der Waals surface area contributed by atoms with E-state index in [0.29, 0.717) is 32.3 Å². The van der Waals surface area contributed by atoms with Gasteiger partial charge in [-0.2, -0.15) is 0 Å². The number of anilines is 1. The summed E-state index contributed by atoms with van der Waals surface area (Å²) in [6, 6.07) is 0. The van der Waals surface area contributed by atoms with Crippen molar-refractivity contribution in [1.29, 1.82) is 0 Å². The molecule has 1 aliphatic heterocycles. The highest BCUT2D eigenvalue weighted by atomic mass is 16.5. The predicted octanol–water partition coefficient (Wildman–Crippen LogP) is 1.46. The molecule has 0 radical (unpaired) electrons. The van der Waals surface area contributed by atoms with Crippen molar-refractivity contribution in [2.24, 2.45) is 0 Å². The summed E-state index contributed by atoms with van der Waals surface area (Å²) in [5.74, 6) is -0.205. The molecule has 0 aliphatic carbocycles. The Bertz CT molecular complexity index is 471. The Balaban J connectivity index is 2.09. The molecule has 0 fully saturated rings. The summed E-state index contributed by atoms with van der Waals surface area (Å²) < 4.78 is 4.88. The molecule has 5 nitrogen and oxygen atoms in total. The van der Waals surface area contributed by atoms with Gasteiger partial charge in [-0.1, -0.05) is 0 Å². The van der Waals surface area contributed by atoms with Gasteiger partial charge in [-0.05, 0) is 30.9 Å². The maximum atomic E-state index is 11.4. The van der Waals surface area contributed by atoms with Crippen molar-refractivity contribution >= 4 is 17.6 Å². The van der Waals surface area contributed by atoms with E-state index in [2.05, 4.69) is 10.3 Å². The lowest BCUT2D eigenvalue weighted by atomic mass is 10.00. The van der Waals surface area contributed by atoms with Crippen molar-refractivity contribution in [3.8, 4) is 0 Å². The largest absolute Gasteiger partial charge is 0.466 e. The Kier molecular flexibility index (Phi) is 3.92. The van der Waals surface area contributed by atoms with Crippen molar-refractivity contribution in [3.05, 3.63) is 23.5 Å². The maximum absolute atomic E-state index is 11.4. The smallest absolute Gasteiger partial charge is 0.306 e. The third-order valence-electron chi connectivity index (χ3n) is 2.89. The first-order valence-electron chi connectivity index (χ1n) is 6.12. The third kappa shape index (κ3) is 2.85. The second kappa shape index (κ2) is 5.62. The molecule has 5 heteroatoms. The molecule has 0 aromatic carbocycles. The Morgan fingerprint density at radius 2 is 2.28 bits per heavy atom. The van der Waals surface area contributed by atoms with E-state index in [9.17, 15) is 9.59 Å². The number of aromatic nitrogens is 1. The lowest BCUT2D eigenvalue weighted by Crippen LogP contribution is -2.21. The number of carbonyl (C=O) groups is 2. The van der Waals surface area contributed by atoms with Gasteiger partial charge in [-0.15, -0.1) is 0 Å². The fraction of sp³-hybridized carbons (Fsp3) is 0.462. The van der Waals surface area contributed by atoms with Crippen LogP contribution in [0.25, 0.3) is 0 Å². The van der Waals surface area contributed by atoms with E-state index >= 15 is 0 Å². The Morgan fingerprint density at radius 1 is 1.44 bits per heavy atom.